The SMILES string of the molecule is Cc1cc2oc(=O)cc(CSc3nnc(C4CC4)n3C3CC3)c2cc1C(C)C. The Bertz CT molecular complexity index is 1110. The van der Waals surface area contributed by atoms with Gasteiger partial charge in [-0.15, -0.1) is 10.2 Å². The molecule has 0 aliphatic heterocycles. The topological polar surface area (TPSA) is 60.9 Å². The lowest BCUT2D eigenvalue weighted by atomic mass is 9.95. The highest BCUT2D eigenvalue weighted by molar-refractivity contribution is 7.98. The lowest BCUT2D eigenvalue weighted by Gasteiger charge is -2.13. The Morgan fingerprint density at radius 1 is 1.18 bits per heavy atom. The van der Waals surface area contributed by atoms with E-state index >= 15 is 0 Å². The number of rotatable bonds is 6. The Morgan fingerprint density at radius 2 is 1.96 bits per heavy atom. The van der Waals surface area contributed by atoms with Gasteiger partial charge in [-0.2, -0.15) is 0 Å². The molecule has 1 aromatic carbocycles. The monoisotopic (exact) mass is 395 g/mol. The Kier molecular flexibility index (Phi) is 4.34. The first-order chi connectivity index (χ1) is 13.5. The molecule has 0 unspecified atom stereocenters. The van der Waals surface area contributed by atoms with Gasteiger partial charge in [-0.25, -0.2) is 4.79 Å². The summed E-state index contributed by atoms with van der Waals surface area (Å²) in [5, 5.41) is 11.0. The number of benzene rings is 1. The largest absolute Gasteiger partial charge is 0.423 e. The first-order valence-electron chi connectivity index (χ1n) is 10.2. The highest BCUT2D eigenvalue weighted by Crippen LogP contribution is 2.46. The van der Waals surface area contributed by atoms with E-state index in [1.54, 1.807) is 17.8 Å². The summed E-state index contributed by atoms with van der Waals surface area (Å²) in [5.74, 6) is 2.89. The van der Waals surface area contributed by atoms with E-state index in [4.69, 9.17) is 4.42 Å². The molecule has 3 aromatic rings. The van der Waals surface area contributed by atoms with E-state index in [-0.39, 0.29) is 5.63 Å². The fraction of sp³-hybridized carbons (Fsp3) is 0.500. The van der Waals surface area contributed by atoms with Crippen LogP contribution in [0.3, 0.4) is 0 Å². The minimum absolute atomic E-state index is 0.290. The molecular formula is C22H25N3O2S. The third-order valence-corrected chi connectivity index (χ3v) is 6.73. The van der Waals surface area contributed by atoms with Gasteiger partial charge in [0.1, 0.15) is 11.4 Å². The third kappa shape index (κ3) is 3.28. The van der Waals surface area contributed by atoms with Crippen LogP contribution in [0, 0.1) is 6.92 Å². The van der Waals surface area contributed by atoms with Gasteiger partial charge >= 0.3 is 5.63 Å². The Labute approximate surface area is 168 Å². The average molecular weight is 396 g/mol. The second-order valence-corrected chi connectivity index (χ2v) is 9.40. The molecule has 0 saturated heterocycles. The van der Waals surface area contributed by atoms with Crippen molar-refractivity contribution >= 4 is 22.7 Å². The van der Waals surface area contributed by atoms with Crippen molar-refractivity contribution < 1.29 is 4.42 Å². The van der Waals surface area contributed by atoms with Gasteiger partial charge in [0.2, 0.25) is 0 Å². The minimum Gasteiger partial charge on any atom is -0.423 e. The molecule has 0 N–H and O–H groups in total. The molecular weight excluding hydrogens is 370 g/mol. The zero-order chi connectivity index (χ0) is 19.4. The molecule has 2 aromatic heterocycles. The van der Waals surface area contributed by atoms with Gasteiger partial charge in [0.15, 0.2) is 5.16 Å². The summed E-state index contributed by atoms with van der Waals surface area (Å²) >= 11 is 1.69. The van der Waals surface area contributed by atoms with Gasteiger partial charge in [-0.05, 0) is 67.3 Å². The molecule has 0 atom stereocenters. The second kappa shape index (κ2) is 6.76. The van der Waals surface area contributed by atoms with E-state index in [2.05, 4.69) is 41.6 Å². The molecule has 2 saturated carbocycles. The highest BCUT2D eigenvalue weighted by atomic mass is 32.2. The molecule has 2 aliphatic carbocycles. The van der Waals surface area contributed by atoms with E-state index in [0.717, 1.165) is 21.7 Å². The van der Waals surface area contributed by atoms with E-state index in [1.807, 2.05) is 6.07 Å². The van der Waals surface area contributed by atoms with Crippen LogP contribution in [-0.2, 0) is 5.75 Å². The van der Waals surface area contributed by atoms with Crippen LogP contribution in [0.25, 0.3) is 11.0 Å². The summed E-state index contributed by atoms with van der Waals surface area (Å²) in [5.41, 5.74) is 3.86. The molecule has 0 bridgehead atoms. The fourth-order valence-electron chi connectivity index (χ4n) is 3.96. The molecule has 0 amide bonds. The molecule has 0 spiro atoms. The van der Waals surface area contributed by atoms with Crippen molar-refractivity contribution in [3.05, 3.63) is 51.1 Å². The number of fused-ring (bicyclic) bond motifs is 1. The average Bonchev–Trinajstić information content (AvgIpc) is 3.57. The van der Waals surface area contributed by atoms with Crippen LogP contribution in [-0.4, -0.2) is 14.8 Å². The summed E-state index contributed by atoms with van der Waals surface area (Å²) in [4.78, 5) is 12.1. The van der Waals surface area contributed by atoms with E-state index < -0.39 is 0 Å². The van der Waals surface area contributed by atoms with E-state index in [1.165, 1.54) is 37.1 Å². The van der Waals surface area contributed by atoms with Gasteiger partial charge in [0.25, 0.3) is 0 Å². The van der Waals surface area contributed by atoms with Gasteiger partial charge in [-0.1, -0.05) is 25.6 Å². The summed E-state index contributed by atoms with van der Waals surface area (Å²) in [6.07, 6.45) is 4.91. The number of thioether (sulfide) groups is 1. The number of aromatic nitrogens is 3. The zero-order valence-electron chi connectivity index (χ0n) is 16.6. The molecule has 6 heteroatoms. The number of hydrogen-bond acceptors (Lipinski definition) is 5. The molecule has 146 valence electrons. The van der Waals surface area contributed by atoms with Crippen molar-refractivity contribution in [1.82, 2.24) is 14.8 Å². The molecule has 2 aliphatic rings. The Balaban J connectivity index is 1.50. The maximum atomic E-state index is 12.1. The molecule has 2 heterocycles. The first-order valence-corrected chi connectivity index (χ1v) is 11.1. The maximum Gasteiger partial charge on any atom is 0.336 e. The number of hydrogen-bond donors (Lipinski definition) is 0. The molecule has 0 radical (unpaired) electrons. The van der Waals surface area contributed by atoms with Gasteiger partial charge < -0.3 is 8.98 Å². The van der Waals surface area contributed by atoms with Crippen LogP contribution in [0.5, 0.6) is 0 Å². The van der Waals surface area contributed by atoms with Gasteiger partial charge in [-0.3, -0.25) is 0 Å². The smallest absolute Gasteiger partial charge is 0.336 e. The fourth-order valence-corrected chi connectivity index (χ4v) is 4.96. The Hall–Kier alpha value is -2.08. The molecule has 28 heavy (non-hydrogen) atoms. The summed E-state index contributed by atoms with van der Waals surface area (Å²) in [6, 6.07) is 6.39. The van der Waals surface area contributed by atoms with Crippen molar-refractivity contribution in [3.8, 4) is 0 Å². The van der Waals surface area contributed by atoms with Crippen LogP contribution in [0.15, 0.2) is 32.6 Å². The predicted molar refractivity (Wildman–Crippen MR) is 111 cm³/mol. The number of aryl methyl sites for hydroxylation is 1. The maximum absolute atomic E-state index is 12.1. The van der Waals surface area contributed by atoms with E-state index in [9.17, 15) is 4.79 Å². The lowest BCUT2D eigenvalue weighted by molar-refractivity contribution is 0.559. The van der Waals surface area contributed by atoms with E-state index in [0.29, 0.717) is 29.2 Å². The molecule has 5 nitrogen and oxygen atoms in total. The predicted octanol–water partition coefficient (Wildman–Crippen LogP) is 5.32. The van der Waals surface area contributed by atoms with Crippen molar-refractivity contribution in [3.63, 3.8) is 0 Å². The van der Waals surface area contributed by atoms with Crippen LogP contribution < -0.4 is 5.63 Å². The minimum atomic E-state index is -0.290. The third-order valence-electron chi connectivity index (χ3n) is 5.74. The zero-order valence-corrected chi connectivity index (χ0v) is 17.4. The van der Waals surface area contributed by atoms with Crippen LogP contribution >= 0.6 is 11.8 Å². The molecule has 5 rings (SSSR count). The van der Waals surface area contributed by atoms with Crippen molar-refractivity contribution in [2.45, 2.75) is 75.2 Å². The highest BCUT2D eigenvalue weighted by Gasteiger charge is 2.36. The van der Waals surface area contributed by atoms with Crippen LogP contribution in [0.2, 0.25) is 0 Å². The van der Waals surface area contributed by atoms with Crippen LogP contribution in [0.4, 0.5) is 0 Å². The van der Waals surface area contributed by atoms with Crippen molar-refractivity contribution in [1.29, 1.82) is 0 Å². The number of nitrogens with zero attached hydrogens (tertiary/aromatic N) is 3. The van der Waals surface area contributed by atoms with Crippen LogP contribution in [0.1, 0.15) is 79.9 Å². The second-order valence-electron chi connectivity index (χ2n) is 8.46. The summed E-state index contributed by atoms with van der Waals surface area (Å²) in [7, 11) is 0. The van der Waals surface area contributed by atoms with Crippen molar-refractivity contribution in [2.24, 2.45) is 0 Å². The summed E-state index contributed by atoms with van der Waals surface area (Å²) in [6.45, 7) is 6.46. The normalized spacial score (nSPS) is 17.0. The lowest BCUT2D eigenvalue weighted by Crippen LogP contribution is -2.04. The van der Waals surface area contributed by atoms with Crippen molar-refractivity contribution in [2.75, 3.05) is 0 Å². The quantitative estimate of drug-likeness (QED) is 0.417. The molecule has 2 fully saturated rings. The standard InChI is InChI=1S/C22H25N3O2S/c1-12(2)17-10-18-15(9-20(26)27-19(18)8-13(17)3)11-28-22-24-23-21(14-4-5-14)25(22)16-6-7-16/h8-10,12,14,16H,4-7,11H2,1-3H3. The first kappa shape index (κ1) is 18.0. The van der Waals surface area contributed by atoms with Gasteiger partial charge in [0.05, 0.1) is 0 Å². The summed E-state index contributed by atoms with van der Waals surface area (Å²) < 4.78 is 7.85. The van der Waals surface area contributed by atoms with Gasteiger partial charge in [0, 0.05) is 29.2 Å². The Morgan fingerprint density at radius 3 is 2.64 bits per heavy atom.